The monoisotopic (exact) mass is 465 g/mol. The van der Waals surface area contributed by atoms with Gasteiger partial charge < -0.3 is 14.6 Å². The molecule has 0 unspecified atom stereocenters. The number of unbranched alkanes of at least 4 members (excludes halogenated alkanes) is 2. The summed E-state index contributed by atoms with van der Waals surface area (Å²) >= 11 is 0. The predicted molar refractivity (Wildman–Crippen MR) is 135 cm³/mol. The predicted octanol–water partition coefficient (Wildman–Crippen LogP) is 5.92. The maximum atomic E-state index is 10.7. The molecule has 184 valence electrons. The van der Waals surface area contributed by atoms with E-state index in [1.165, 1.54) is 36.0 Å². The number of benzene rings is 2. The van der Waals surface area contributed by atoms with Gasteiger partial charge in [0.2, 0.25) is 0 Å². The summed E-state index contributed by atoms with van der Waals surface area (Å²) in [5, 5.41) is 8.83. The Morgan fingerprint density at radius 3 is 2.32 bits per heavy atom. The van der Waals surface area contributed by atoms with Gasteiger partial charge in [-0.3, -0.25) is 9.69 Å². The molecule has 4 rings (SSSR count). The van der Waals surface area contributed by atoms with Crippen molar-refractivity contribution in [2.24, 2.45) is 0 Å². The zero-order chi connectivity index (χ0) is 23.6. The van der Waals surface area contributed by atoms with Crippen molar-refractivity contribution in [1.29, 1.82) is 0 Å². The Morgan fingerprint density at radius 2 is 1.59 bits per heavy atom. The summed E-state index contributed by atoms with van der Waals surface area (Å²) in [5.41, 5.74) is 3.64. The van der Waals surface area contributed by atoms with Crippen LogP contribution in [0.3, 0.4) is 0 Å². The van der Waals surface area contributed by atoms with Crippen LogP contribution >= 0.6 is 0 Å². The first-order valence-electron chi connectivity index (χ1n) is 13.0. The van der Waals surface area contributed by atoms with E-state index < -0.39 is 5.97 Å². The second-order valence-electron chi connectivity index (χ2n) is 9.69. The Labute approximate surface area is 204 Å². The fraction of sp³-hybridized carbons (Fsp3) is 0.552. The second kappa shape index (κ2) is 13.0. The minimum atomic E-state index is -0.716. The molecule has 3 atom stereocenters. The Hall–Kier alpha value is -2.21. The van der Waals surface area contributed by atoms with E-state index in [4.69, 9.17) is 14.6 Å². The van der Waals surface area contributed by atoms with Crippen molar-refractivity contribution in [3.8, 4) is 11.1 Å². The highest BCUT2D eigenvalue weighted by molar-refractivity contribution is 5.66. The van der Waals surface area contributed by atoms with Gasteiger partial charge in [0, 0.05) is 19.1 Å². The van der Waals surface area contributed by atoms with Crippen LogP contribution in [0.15, 0.2) is 54.6 Å². The zero-order valence-corrected chi connectivity index (χ0v) is 20.2. The third kappa shape index (κ3) is 7.14. The smallest absolute Gasteiger partial charge is 0.303 e. The standard InChI is InChI=1S/C29H39NO4/c31-28(32)12-6-2-9-21-33-29-26(30-19-7-3-8-20-30)17-18-27(29)34-22-23-13-15-25(16-14-23)24-10-4-1-5-11-24/h1,4-5,10-11,13-16,26-27,29H,2-3,6-9,12,17-22H2,(H,31,32)/t26-,27-,29+/m0/s1. The van der Waals surface area contributed by atoms with Crippen molar-refractivity contribution in [2.45, 2.75) is 82.6 Å². The minimum absolute atomic E-state index is 0.0983. The summed E-state index contributed by atoms with van der Waals surface area (Å²) < 4.78 is 12.9. The molecule has 0 bridgehead atoms. The number of nitrogens with zero attached hydrogens (tertiary/aromatic N) is 1. The first-order valence-corrected chi connectivity index (χ1v) is 13.0. The molecule has 1 aliphatic heterocycles. The largest absolute Gasteiger partial charge is 0.481 e. The van der Waals surface area contributed by atoms with E-state index in [9.17, 15) is 4.79 Å². The molecular weight excluding hydrogens is 426 g/mol. The van der Waals surface area contributed by atoms with E-state index in [2.05, 4.69) is 53.4 Å². The van der Waals surface area contributed by atoms with Gasteiger partial charge in [-0.25, -0.2) is 0 Å². The van der Waals surface area contributed by atoms with E-state index in [0.29, 0.717) is 19.3 Å². The molecule has 1 aliphatic carbocycles. The molecule has 0 radical (unpaired) electrons. The maximum Gasteiger partial charge on any atom is 0.303 e. The van der Waals surface area contributed by atoms with Crippen LogP contribution in [0.5, 0.6) is 0 Å². The Kier molecular flexibility index (Phi) is 9.54. The number of rotatable bonds is 12. The van der Waals surface area contributed by atoms with Crippen LogP contribution in [-0.2, 0) is 20.9 Å². The van der Waals surface area contributed by atoms with E-state index in [1.807, 2.05) is 6.07 Å². The van der Waals surface area contributed by atoms with Gasteiger partial charge >= 0.3 is 5.97 Å². The fourth-order valence-corrected chi connectivity index (χ4v) is 5.35. The number of piperidine rings is 1. The summed E-state index contributed by atoms with van der Waals surface area (Å²) in [4.78, 5) is 13.4. The summed E-state index contributed by atoms with van der Waals surface area (Å²) in [6, 6.07) is 19.5. The number of hydrogen-bond acceptors (Lipinski definition) is 4. The number of hydrogen-bond donors (Lipinski definition) is 1. The lowest BCUT2D eigenvalue weighted by molar-refractivity contribution is -0.137. The SMILES string of the molecule is O=C(O)CCCCCO[C@H]1[C@@H](OCc2ccc(-c3ccccc3)cc2)CC[C@@H]1N1CCCCC1. The number of carbonyl (C=O) groups is 1. The summed E-state index contributed by atoms with van der Waals surface area (Å²) in [7, 11) is 0. The molecule has 1 saturated heterocycles. The number of aliphatic carboxylic acids is 1. The van der Waals surface area contributed by atoms with E-state index in [0.717, 1.165) is 45.2 Å². The number of carboxylic acids is 1. The second-order valence-corrected chi connectivity index (χ2v) is 9.69. The molecule has 5 nitrogen and oxygen atoms in total. The van der Waals surface area contributed by atoms with Crippen molar-refractivity contribution in [2.75, 3.05) is 19.7 Å². The van der Waals surface area contributed by atoms with Gasteiger partial charge in [-0.1, -0.05) is 67.4 Å². The number of carboxylic acid groups (broad SMARTS) is 1. The summed E-state index contributed by atoms with van der Waals surface area (Å²) in [6.07, 6.45) is 9.02. The third-order valence-corrected chi connectivity index (χ3v) is 7.22. The first-order chi connectivity index (χ1) is 16.7. The molecule has 0 aromatic heterocycles. The molecular formula is C29H39NO4. The lowest BCUT2D eigenvalue weighted by Crippen LogP contribution is -2.47. The normalized spacial score (nSPS) is 23.2. The zero-order valence-electron chi connectivity index (χ0n) is 20.2. The molecule has 2 aromatic carbocycles. The van der Waals surface area contributed by atoms with Gasteiger partial charge in [0.25, 0.3) is 0 Å². The Morgan fingerprint density at radius 1 is 0.853 bits per heavy atom. The molecule has 0 spiro atoms. The number of likely N-dealkylation sites (tertiary alicyclic amines) is 1. The quantitative estimate of drug-likeness (QED) is 0.395. The van der Waals surface area contributed by atoms with Gasteiger partial charge in [-0.15, -0.1) is 0 Å². The van der Waals surface area contributed by atoms with Crippen molar-refractivity contribution in [1.82, 2.24) is 4.90 Å². The topological polar surface area (TPSA) is 59.0 Å². The molecule has 34 heavy (non-hydrogen) atoms. The van der Waals surface area contributed by atoms with Crippen molar-refractivity contribution < 1.29 is 19.4 Å². The highest BCUT2D eigenvalue weighted by Crippen LogP contribution is 2.32. The highest BCUT2D eigenvalue weighted by Gasteiger charge is 2.41. The molecule has 5 heteroatoms. The van der Waals surface area contributed by atoms with Crippen LogP contribution < -0.4 is 0 Å². The maximum absolute atomic E-state index is 10.7. The van der Waals surface area contributed by atoms with Gasteiger partial charge in [-0.2, -0.15) is 0 Å². The molecule has 2 fully saturated rings. The highest BCUT2D eigenvalue weighted by atomic mass is 16.5. The average molecular weight is 466 g/mol. The van der Waals surface area contributed by atoms with Gasteiger partial charge in [0.05, 0.1) is 18.8 Å². The van der Waals surface area contributed by atoms with Crippen LogP contribution in [0, 0.1) is 0 Å². The molecule has 1 heterocycles. The molecule has 2 aliphatic rings. The molecule has 1 N–H and O–H groups in total. The lowest BCUT2D eigenvalue weighted by Gasteiger charge is -2.36. The van der Waals surface area contributed by atoms with Crippen molar-refractivity contribution in [3.05, 3.63) is 60.2 Å². The summed E-state index contributed by atoms with van der Waals surface area (Å²) in [6.45, 7) is 3.61. The Bertz CT molecular complexity index is 863. The van der Waals surface area contributed by atoms with Gasteiger partial charge in [0.1, 0.15) is 0 Å². The molecule has 1 saturated carbocycles. The lowest BCUT2D eigenvalue weighted by atomic mass is 10.0. The van der Waals surface area contributed by atoms with E-state index in [1.54, 1.807) is 0 Å². The van der Waals surface area contributed by atoms with Crippen LogP contribution in [0.1, 0.15) is 63.4 Å². The first kappa shape index (κ1) is 24.9. The van der Waals surface area contributed by atoms with Crippen LogP contribution in [0.4, 0.5) is 0 Å². The van der Waals surface area contributed by atoms with Crippen LogP contribution in [0.25, 0.3) is 11.1 Å². The van der Waals surface area contributed by atoms with E-state index >= 15 is 0 Å². The molecule has 0 amide bonds. The van der Waals surface area contributed by atoms with E-state index in [-0.39, 0.29) is 18.6 Å². The van der Waals surface area contributed by atoms with Gasteiger partial charge in [-0.05, 0) is 68.3 Å². The average Bonchev–Trinajstić information content (AvgIpc) is 3.28. The van der Waals surface area contributed by atoms with Crippen LogP contribution in [0.2, 0.25) is 0 Å². The van der Waals surface area contributed by atoms with Crippen LogP contribution in [-0.4, -0.2) is 53.9 Å². The number of ether oxygens (including phenoxy) is 2. The third-order valence-electron chi connectivity index (χ3n) is 7.22. The molecule has 2 aromatic rings. The Balaban J connectivity index is 1.31. The van der Waals surface area contributed by atoms with Gasteiger partial charge in [0.15, 0.2) is 0 Å². The minimum Gasteiger partial charge on any atom is -0.481 e. The fourth-order valence-electron chi connectivity index (χ4n) is 5.35. The van der Waals surface area contributed by atoms with Crippen molar-refractivity contribution >= 4 is 5.97 Å². The summed E-state index contributed by atoms with van der Waals surface area (Å²) in [5.74, 6) is -0.716. The van der Waals surface area contributed by atoms with Crippen molar-refractivity contribution in [3.63, 3.8) is 0 Å².